The maximum absolute atomic E-state index is 11.0. The normalized spacial score (nSPS) is 17.4. The van der Waals surface area contributed by atoms with E-state index in [1.807, 2.05) is 6.92 Å². The minimum Gasteiger partial charge on any atom is -0.545 e. The molecular weight excluding hydrogens is 262 g/mol. The zero-order chi connectivity index (χ0) is 14.8. The van der Waals surface area contributed by atoms with Gasteiger partial charge in [0, 0.05) is 6.07 Å². The number of nitro groups is 1. The van der Waals surface area contributed by atoms with Crippen LogP contribution in [0, 0.1) is 10.1 Å². The molecule has 20 heavy (non-hydrogen) atoms. The topological polar surface area (TPSA) is 92.5 Å². The Bertz CT molecular complexity index is 534. The third kappa shape index (κ3) is 3.07. The summed E-state index contributed by atoms with van der Waals surface area (Å²) in [7, 11) is 0. The molecule has 1 saturated carbocycles. The summed E-state index contributed by atoms with van der Waals surface area (Å²) in [5.74, 6) is -1.24. The van der Waals surface area contributed by atoms with Crippen molar-refractivity contribution >= 4 is 11.7 Å². The predicted molar refractivity (Wildman–Crippen MR) is 69.5 cm³/mol. The summed E-state index contributed by atoms with van der Waals surface area (Å²) in [5, 5.41) is 21.7. The Morgan fingerprint density at radius 2 is 1.95 bits per heavy atom. The lowest BCUT2D eigenvalue weighted by Crippen LogP contribution is -2.34. The summed E-state index contributed by atoms with van der Waals surface area (Å²) in [6.07, 6.45) is 5.09. The Morgan fingerprint density at radius 3 is 2.50 bits per heavy atom. The molecule has 1 aromatic rings. The van der Waals surface area contributed by atoms with E-state index >= 15 is 0 Å². The van der Waals surface area contributed by atoms with Crippen molar-refractivity contribution in [3.8, 4) is 5.75 Å². The number of aromatic carboxylic acids is 1. The average Bonchev–Trinajstić information content (AvgIpc) is 2.38. The second kappa shape index (κ2) is 5.48. The number of nitrogens with zero attached hydrogens (tertiary/aromatic N) is 1. The molecule has 0 spiro atoms. The van der Waals surface area contributed by atoms with Gasteiger partial charge < -0.3 is 14.6 Å². The molecule has 0 aromatic heterocycles. The van der Waals surface area contributed by atoms with Crippen LogP contribution in [0.2, 0.25) is 0 Å². The lowest BCUT2D eigenvalue weighted by atomic mass is 9.86. The van der Waals surface area contributed by atoms with Gasteiger partial charge in [0.15, 0.2) is 0 Å². The maximum atomic E-state index is 11.0. The van der Waals surface area contributed by atoms with Crippen LogP contribution in [0.15, 0.2) is 18.2 Å². The van der Waals surface area contributed by atoms with Crippen molar-refractivity contribution in [2.75, 3.05) is 0 Å². The molecule has 0 atom stereocenters. The fourth-order valence-electron chi connectivity index (χ4n) is 2.59. The summed E-state index contributed by atoms with van der Waals surface area (Å²) in [5.41, 5.74) is -1.27. The van der Waals surface area contributed by atoms with E-state index in [-0.39, 0.29) is 5.60 Å². The second-order valence-corrected chi connectivity index (χ2v) is 5.34. The first kappa shape index (κ1) is 14.3. The van der Waals surface area contributed by atoms with Crippen LogP contribution in [-0.2, 0) is 0 Å². The summed E-state index contributed by atoms with van der Waals surface area (Å²) in [6.45, 7) is 1.98. The van der Waals surface area contributed by atoms with Crippen LogP contribution in [0.25, 0.3) is 0 Å². The monoisotopic (exact) mass is 278 g/mol. The van der Waals surface area contributed by atoms with Gasteiger partial charge in [0.2, 0.25) is 0 Å². The van der Waals surface area contributed by atoms with Crippen molar-refractivity contribution in [3.05, 3.63) is 33.9 Å². The Morgan fingerprint density at radius 1 is 1.30 bits per heavy atom. The number of hydrogen-bond donors (Lipinski definition) is 0. The van der Waals surface area contributed by atoms with Crippen LogP contribution in [0.3, 0.4) is 0 Å². The highest BCUT2D eigenvalue weighted by atomic mass is 16.6. The molecule has 0 aliphatic heterocycles. The molecule has 1 fully saturated rings. The molecule has 108 valence electrons. The van der Waals surface area contributed by atoms with Crippen molar-refractivity contribution in [2.45, 2.75) is 44.6 Å². The number of ether oxygens (including phenoxy) is 1. The van der Waals surface area contributed by atoms with Gasteiger partial charge in [-0.05, 0) is 44.7 Å². The van der Waals surface area contributed by atoms with Gasteiger partial charge in [-0.1, -0.05) is 6.42 Å². The molecule has 6 heteroatoms. The Kier molecular flexibility index (Phi) is 3.92. The number of nitro benzene ring substituents is 1. The van der Waals surface area contributed by atoms with Crippen LogP contribution >= 0.6 is 0 Å². The number of rotatable bonds is 4. The smallest absolute Gasteiger partial charge is 0.278 e. The minimum absolute atomic E-state index is 0.333. The standard InChI is InChI=1S/C14H17NO5/c1-14(7-3-2-4-8-14)20-10-5-6-12(15(18)19)11(9-10)13(16)17/h5-6,9H,2-4,7-8H2,1H3,(H,16,17)/p-1. The number of benzene rings is 1. The molecule has 6 nitrogen and oxygen atoms in total. The van der Waals surface area contributed by atoms with Gasteiger partial charge in [-0.3, -0.25) is 10.1 Å². The summed E-state index contributed by atoms with van der Waals surface area (Å²) in [4.78, 5) is 21.0. The molecule has 0 N–H and O–H groups in total. The van der Waals surface area contributed by atoms with E-state index in [9.17, 15) is 20.0 Å². The summed E-state index contributed by atoms with van der Waals surface area (Å²) >= 11 is 0. The maximum Gasteiger partial charge on any atom is 0.278 e. The van der Waals surface area contributed by atoms with Gasteiger partial charge in [0.05, 0.1) is 16.5 Å². The highest BCUT2D eigenvalue weighted by Gasteiger charge is 2.29. The lowest BCUT2D eigenvalue weighted by molar-refractivity contribution is -0.385. The predicted octanol–water partition coefficient (Wildman–Crippen LogP) is 2.06. The molecule has 0 heterocycles. The minimum atomic E-state index is -1.57. The fraction of sp³-hybridized carbons (Fsp3) is 0.500. The molecule has 0 amide bonds. The highest BCUT2D eigenvalue weighted by Crippen LogP contribution is 2.34. The average molecular weight is 278 g/mol. The van der Waals surface area contributed by atoms with E-state index in [1.54, 1.807) is 0 Å². The van der Waals surface area contributed by atoms with Gasteiger partial charge in [-0.15, -0.1) is 0 Å². The molecule has 0 saturated heterocycles. The van der Waals surface area contributed by atoms with Crippen LogP contribution in [0.4, 0.5) is 5.69 Å². The highest BCUT2D eigenvalue weighted by molar-refractivity contribution is 5.91. The Labute approximate surface area is 116 Å². The molecule has 1 aliphatic carbocycles. The molecule has 2 rings (SSSR count). The number of carboxylic acid groups (broad SMARTS) is 1. The zero-order valence-corrected chi connectivity index (χ0v) is 11.3. The molecule has 0 unspecified atom stereocenters. The zero-order valence-electron chi connectivity index (χ0n) is 11.3. The summed E-state index contributed by atoms with van der Waals surface area (Å²) < 4.78 is 5.85. The van der Waals surface area contributed by atoms with E-state index in [0.29, 0.717) is 5.75 Å². The van der Waals surface area contributed by atoms with Crippen LogP contribution in [0.5, 0.6) is 5.75 Å². The first-order valence-electron chi connectivity index (χ1n) is 6.60. The number of carbonyl (C=O) groups is 1. The van der Waals surface area contributed by atoms with Crippen molar-refractivity contribution < 1.29 is 19.6 Å². The quantitative estimate of drug-likeness (QED) is 0.620. The van der Waals surface area contributed by atoms with E-state index in [4.69, 9.17) is 4.74 Å². The molecule has 1 aliphatic rings. The third-order valence-electron chi connectivity index (χ3n) is 3.66. The van der Waals surface area contributed by atoms with E-state index < -0.39 is 22.1 Å². The summed E-state index contributed by atoms with van der Waals surface area (Å²) in [6, 6.07) is 3.75. The Balaban J connectivity index is 2.27. The number of carboxylic acids is 1. The van der Waals surface area contributed by atoms with Crippen molar-refractivity contribution in [1.29, 1.82) is 0 Å². The first-order chi connectivity index (χ1) is 9.41. The van der Waals surface area contributed by atoms with Crippen LogP contribution in [0.1, 0.15) is 49.4 Å². The van der Waals surface area contributed by atoms with E-state index in [1.165, 1.54) is 18.6 Å². The SMILES string of the molecule is CC1(Oc2ccc([N+](=O)[O-])c(C(=O)[O-])c2)CCCCC1. The largest absolute Gasteiger partial charge is 0.545 e. The van der Waals surface area contributed by atoms with Crippen molar-refractivity contribution in [2.24, 2.45) is 0 Å². The molecule has 0 bridgehead atoms. The first-order valence-corrected chi connectivity index (χ1v) is 6.60. The van der Waals surface area contributed by atoms with Crippen LogP contribution < -0.4 is 9.84 Å². The third-order valence-corrected chi connectivity index (χ3v) is 3.66. The van der Waals surface area contributed by atoms with Crippen LogP contribution in [-0.4, -0.2) is 16.5 Å². The van der Waals surface area contributed by atoms with Crippen molar-refractivity contribution in [1.82, 2.24) is 0 Å². The lowest BCUT2D eigenvalue weighted by Gasteiger charge is -2.34. The fourth-order valence-corrected chi connectivity index (χ4v) is 2.59. The second-order valence-electron chi connectivity index (χ2n) is 5.34. The van der Waals surface area contributed by atoms with Gasteiger partial charge in [0.25, 0.3) is 5.69 Å². The molecular formula is C14H16NO5-. The molecule has 0 radical (unpaired) electrons. The Hall–Kier alpha value is -2.11. The van der Waals surface area contributed by atoms with Gasteiger partial charge in [0.1, 0.15) is 11.4 Å². The molecule has 1 aromatic carbocycles. The number of hydrogen-bond acceptors (Lipinski definition) is 5. The van der Waals surface area contributed by atoms with E-state index in [2.05, 4.69) is 0 Å². The van der Waals surface area contributed by atoms with Crippen molar-refractivity contribution in [3.63, 3.8) is 0 Å². The van der Waals surface area contributed by atoms with Gasteiger partial charge in [-0.2, -0.15) is 0 Å². The van der Waals surface area contributed by atoms with Gasteiger partial charge in [-0.25, -0.2) is 0 Å². The number of carbonyl (C=O) groups excluding carboxylic acids is 1. The van der Waals surface area contributed by atoms with Gasteiger partial charge >= 0.3 is 0 Å². The van der Waals surface area contributed by atoms with E-state index in [0.717, 1.165) is 31.7 Å².